The van der Waals surface area contributed by atoms with Crippen LogP contribution in [0, 0.1) is 0 Å². The molecule has 0 fully saturated rings. The molecule has 108 valence electrons. The van der Waals surface area contributed by atoms with Gasteiger partial charge >= 0.3 is 0 Å². The molecule has 2 rings (SSSR count). The van der Waals surface area contributed by atoms with Gasteiger partial charge in [0.2, 0.25) is 5.91 Å². The molecule has 1 unspecified atom stereocenters. The topological polar surface area (TPSA) is 69.6 Å². The van der Waals surface area contributed by atoms with Crippen LogP contribution in [-0.2, 0) is 4.79 Å². The van der Waals surface area contributed by atoms with E-state index in [0.717, 1.165) is 5.56 Å². The number of benzene rings is 2. The second kappa shape index (κ2) is 7.26. The van der Waals surface area contributed by atoms with E-state index in [0.29, 0.717) is 5.56 Å². The minimum absolute atomic E-state index is 0.114. The summed E-state index contributed by atoms with van der Waals surface area (Å²) in [5.41, 5.74) is 1.58. The summed E-state index contributed by atoms with van der Waals surface area (Å²) in [6.45, 7) is 0.114. The SMILES string of the molecule is O=C(C=Cc1ccccc1)NCC(O)c1ccc(O)cc1. The number of hydrogen-bond donors (Lipinski definition) is 3. The van der Waals surface area contributed by atoms with Crippen LogP contribution in [0.4, 0.5) is 0 Å². The molecule has 0 aliphatic heterocycles. The van der Waals surface area contributed by atoms with E-state index in [2.05, 4.69) is 5.32 Å². The highest BCUT2D eigenvalue weighted by Gasteiger charge is 2.08. The van der Waals surface area contributed by atoms with Crippen LogP contribution in [0.1, 0.15) is 17.2 Å². The molecule has 0 saturated heterocycles. The average molecular weight is 283 g/mol. The summed E-state index contributed by atoms with van der Waals surface area (Å²) in [5.74, 6) is -0.127. The molecular formula is C17H17NO3. The van der Waals surface area contributed by atoms with Gasteiger partial charge < -0.3 is 15.5 Å². The molecule has 0 bridgehead atoms. The summed E-state index contributed by atoms with van der Waals surface area (Å²) in [6, 6.07) is 15.7. The predicted octanol–water partition coefficient (Wildman–Crippen LogP) is 2.26. The molecule has 1 atom stereocenters. The second-order valence-corrected chi connectivity index (χ2v) is 4.60. The van der Waals surface area contributed by atoms with Crippen molar-refractivity contribution in [2.75, 3.05) is 6.54 Å². The van der Waals surface area contributed by atoms with E-state index in [9.17, 15) is 15.0 Å². The Kier molecular flexibility index (Phi) is 5.12. The van der Waals surface area contributed by atoms with Crippen LogP contribution in [-0.4, -0.2) is 22.7 Å². The quantitative estimate of drug-likeness (QED) is 0.737. The number of aliphatic hydroxyl groups is 1. The number of nitrogens with one attached hydrogen (secondary N) is 1. The molecule has 0 heterocycles. The molecule has 2 aromatic carbocycles. The molecule has 0 aromatic heterocycles. The zero-order valence-corrected chi connectivity index (χ0v) is 11.4. The molecule has 4 nitrogen and oxygen atoms in total. The largest absolute Gasteiger partial charge is 0.508 e. The van der Waals surface area contributed by atoms with E-state index >= 15 is 0 Å². The third-order valence-electron chi connectivity index (χ3n) is 2.97. The van der Waals surface area contributed by atoms with Gasteiger partial charge in [0.05, 0.1) is 6.10 Å². The van der Waals surface area contributed by atoms with Crippen molar-refractivity contribution in [1.82, 2.24) is 5.32 Å². The van der Waals surface area contributed by atoms with Crippen molar-refractivity contribution >= 4 is 12.0 Å². The van der Waals surface area contributed by atoms with E-state index in [4.69, 9.17) is 0 Å². The van der Waals surface area contributed by atoms with Crippen LogP contribution in [0.3, 0.4) is 0 Å². The number of rotatable bonds is 5. The minimum atomic E-state index is -0.806. The van der Waals surface area contributed by atoms with Gasteiger partial charge in [0.1, 0.15) is 5.75 Å². The normalized spacial score (nSPS) is 12.2. The molecule has 1 amide bonds. The van der Waals surface area contributed by atoms with Crippen molar-refractivity contribution in [1.29, 1.82) is 0 Å². The standard InChI is InChI=1S/C17H17NO3/c19-15-9-7-14(8-10-15)16(20)12-18-17(21)11-6-13-4-2-1-3-5-13/h1-11,16,19-20H,12H2,(H,18,21). The highest BCUT2D eigenvalue weighted by atomic mass is 16.3. The Hall–Kier alpha value is -2.59. The van der Waals surface area contributed by atoms with Gasteiger partial charge in [0, 0.05) is 12.6 Å². The van der Waals surface area contributed by atoms with Crippen LogP contribution in [0.25, 0.3) is 6.08 Å². The first-order valence-corrected chi connectivity index (χ1v) is 6.63. The monoisotopic (exact) mass is 283 g/mol. The lowest BCUT2D eigenvalue weighted by atomic mass is 10.1. The van der Waals surface area contributed by atoms with E-state index in [1.54, 1.807) is 18.2 Å². The predicted molar refractivity (Wildman–Crippen MR) is 81.6 cm³/mol. The van der Waals surface area contributed by atoms with E-state index in [1.807, 2.05) is 30.3 Å². The molecule has 0 spiro atoms. The number of phenolic OH excluding ortho intramolecular Hbond substituents is 1. The van der Waals surface area contributed by atoms with Crippen LogP contribution in [0.5, 0.6) is 5.75 Å². The van der Waals surface area contributed by atoms with Crippen LogP contribution < -0.4 is 5.32 Å². The summed E-state index contributed by atoms with van der Waals surface area (Å²) < 4.78 is 0. The number of amides is 1. The summed E-state index contributed by atoms with van der Waals surface area (Å²) >= 11 is 0. The van der Waals surface area contributed by atoms with Crippen LogP contribution in [0.15, 0.2) is 60.7 Å². The lowest BCUT2D eigenvalue weighted by Crippen LogP contribution is -2.26. The molecular weight excluding hydrogens is 266 g/mol. The lowest BCUT2D eigenvalue weighted by Gasteiger charge is -2.11. The molecule has 0 saturated carbocycles. The van der Waals surface area contributed by atoms with E-state index in [1.165, 1.54) is 18.2 Å². The van der Waals surface area contributed by atoms with Crippen molar-refractivity contribution in [2.45, 2.75) is 6.10 Å². The first-order chi connectivity index (χ1) is 10.1. The van der Waals surface area contributed by atoms with Gasteiger partial charge in [-0.05, 0) is 29.3 Å². The number of aliphatic hydroxyl groups excluding tert-OH is 1. The van der Waals surface area contributed by atoms with Gasteiger partial charge in [-0.1, -0.05) is 42.5 Å². The Labute approximate surface area is 123 Å². The Bertz CT molecular complexity index is 606. The summed E-state index contributed by atoms with van der Waals surface area (Å²) in [7, 11) is 0. The molecule has 3 N–H and O–H groups in total. The van der Waals surface area contributed by atoms with Crippen molar-refractivity contribution < 1.29 is 15.0 Å². The van der Waals surface area contributed by atoms with Crippen LogP contribution >= 0.6 is 0 Å². The lowest BCUT2D eigenvalue weighted by molar-refractivity contribution is -0.116. The fourth-order valence-electron chi connectivity index (χ4n) is 1.81. The molecule has 0 aliphatic rings. The Morgan fingerprint density at radius 2 is 1.76 bits per heavy atom. The van der Waals surface area contributed by atoms with Gasteiger partial charge in [0.15, 0.2) is 0 Å². The van der Waals surface area contributed by atoms with Gasteiger partial charge in [-0.3, -0.25) is 4.79 Å². The minimum Gasteiger partial charge on any atom is -0.508 e. The highest BCUT2D eigenvalue weighted by Crippen LogP contribution is 2.15. The maximum atomic E-state index is 11.7. The first-order valence-electron chi connectivity index (χ1n) is 6.63. The Morgan fingerprint density at radius 3 is 2.43 bits per heavy atom. The van der Waals surface area contributed by atoms with Gasteiger partial charge in [0.25, 0.3) is 0 Å². The van der Waals surface area contributed by atoms with Crippen molar-refractivity contribution in [3.63, 3.8) is 0 Å². The maximum absolute atomic E-state index is 11.7. The highest BCUT2D eigenvalue weighted by molar-refractivity contribution is 5.91. The van der Waals surface area contributed by atoms with Crippen molar-refractivity contribution in [3.05, 3.63) is 71.8 Å². The van der Waals surface area contributed by atoms with Gasteiger partial charge in [-0.15, -0.1) is 0 Å². The Balaban J connectivity index is 1.83. The number of carbonyl (C=O) groups is 1. The summed E-state index contributed by atoms with van der Waals surface area (Å²) in [4.78, 5) is 11.7. The van der Waals surface area contributed by atoms with Crippen molar-refractivity contribution in [2.24, 2.45) is 0 Å². The Morgan fingerprint density at radius 1 is 1.10 bits per heavy atom. The number of hydrogen-bond acceptors (Lipinski definition) is 3. The molecule has 21 heavy (non-hydrogen) atoms. The maximum Gasteiger partial charge on any atom is 0.244 e. The van der Waals surface area contributed by atoms with E-state index in [-0.39, 0.29) is 18.2 Å². The second-order valence-electron chi connectivity index (χ2n) is 4.60. The average Bonchev–Trinajstić information content (AvgIpc) is 2.52. The number of aromatic hydroxyl groups is 1. The molecule has 0 aliphatic carbocycles. The van der Waals surface area contributed by atoms with Gasteiger partial charge in [-0.2, -0.15) is 0 Å². The van der Waals surface area contributed by atoms with E-state index < -0.39 is 6.10 Å². The smallest absolute Gasteiger partial charge is 0.244 e. The first kappa shape index (κ1) is 14.8. The molecule has 2 aromatic rings. The summed E-state index contributed by atoms with van der Waals surface area (Å²) in [5, 5.41) is 21.7. The number of phenols is 1. The fourth-order valence-corrected chi connectivity index (χ4v) is 1.81. The zero-order chi connectivity index (χ0) is 15.1. The van der Waals surface area contributed by atoms with Crippen LogP contribution in [0.2, 0.25) is 0 Å². The van der Waals surface area contributed by atoms with Crippen molar-refractivity contribution in [3.8, 4) is 5.75 Å². The third-order valence-corrected chi connectivity index (χ3v) is 2.97. The number of carbonyl (C=O) groups excluding carboxylic acids is 1. The molecule has 0 radical (unpaired) electrons. The molecule has 4 heteroatoms. The van der Waals surface area contributed by atoms with Gasteiger partial charge in [-0.25, -0.2) is 0 Å². The summed E-state index contributed by atoms with van der Waals surface area (Å²) in [6.07, 6.45) is 2.33. The third kappa shape index (κ3) is 4.78. The fraction of sp³-hybridized carbons (Fsp3) is 0.118. The zero-order valence-electron chi connectivity index (χ0n) is 11.4.